The van der Waals surface area contributed by atoms with Gasteiger partial charge in [0.1, 0.15) is 0 Å². The fraction of sp³-hybridized carbons (Fsp3) is 0.625. The molecule has 0 amide bonds. The third-order valence-electron chi connectivity index (χ3n) is 3.91. The first-order valence-electron chi connectivity index (χ1n) is 7.71. The molecule has 0 spiro atoms. The van der Waals surface area contributed by atoms with E-state index >= 15 is 0 Å². The fourth-order valence-electron chi connectivity index (χ4n) is 2.80. The highest BCUT2D eigenvalue weighted by molar-refractivity contribution is 7.91. The van der Waals surface area contributed by atoms with Crippen molar-refractivity contribution in [3.8, 4) is 0 Å². The van der Waals surface area contributed by atoms with Crippen molar-refractivity contribution in [2.75, 3.05) is 11.1 Å². The summed E-state index contributed by atoms with van der Waals surface area (Å²) in [6.07, 6.45) is 8.36. The summed E-state index contributed by atoms with van der Waals surface area (Å²) in [5.74, 6) is 0.225. The third kappa shape index (κ3) is 4.23. The molecular formula is C16H25NO2S. The van der Waals surface area contributed by atoms with Crippen LogP contribution in [0.3, 0.4) is 0 Å². The Morgan fingerprint density at radius 2 is 1.65 bits per heavy atom. The lowest BCUT2D eigenvalue weighted by molar-refractivity contribution is 0.594. The number of hydrogen-bond acceptors (Lipinski definition) is 3. The Balaban J connectivity index is 2.01. The summed E-state index contributed by atoms with van der Waals surface area (Å²) in [4.78, 5) is 0.436. The first-order valence-corrected chi connectivity index (χ1v) is 9.36. The summed E-state index contributed by atoms with van der Waals surface area (Å²) in [5, 5.41) is 3.54. The second-order valence-corrected chi connectivity index (χ2v) is 7.79. The second kappa shape index (κ2) is 7.11. The van der Waals surface area contributed by atoms with Gasteiger partial charge in [-0.25, -0.2) is 8.42 Å². The molecule has 112 valence electrons. The molecule has 20 heavy (non-hydrogen) atoms. The van der Waals surface area contributed by atoms with Crippen molar-refractivity contribution in [2.24, 2.45) is 0 Å². The van der Waals surface area contributed by atoms with E-state index in [1.54, 1.807) is 12.1 Å². The zero-order valence-electron chi connectivity index (χ0n) is 12.3. The van der Waals surface area contributed by atoms with Gasteiger partial charge in [-0.05, 0) is 43.5 Å². The molecule has 0 radical (unpaired) electrons. The Hall–Kier alpha value is -1.03. The third-order valence-corrected chi connectivity index (χ3v) is 5.85. The van der Waals surface area contributed by atoms with Crippen LogP contribution in [-0.2, 0) is 9.84 Å². The van der Waals surface area contributed by atoms with Crippen molar-refractivity contribution in [3.05, 3.63) is 24.3 Å². The largest absolute Gasteiger partial charge is 0.382 e. The van der Waals surface area contributed by atoms with Gasteiger partial charge in [-0.3, -0.25) is 0 Å². The van der Waals surface area contributed by atoms with E-state index in [4.69, 9.17) is 0 Å². The average Bonchev–Trinajstić information content (AvgIpc) is 2.68. The molecule has 1 fully saturated rings. The molecule has 3 nitrogen and oxygen atoms in total. The van der Waals surface area contributed by atoms with E-state index < -0.39 is 9.84 Å². The fourth-order valence-corrected chi connectivity index (χ4v) is 4.13. The Bertz CT molecular complexity index is 500. The summed E-state index contributed by atoms with van der Waals surface area (Å²) >= 11 is 0. The molecule has 1 aliphatic rings. The van der Waals surface area contributed by atoms with E-state index in [-0.39, 0.29) is 5.75 Å². The molecule has 2 rings (SSSR count). The number of nitrogens with one attached hydrogen (secondary N) is 1. The molecule has 0 unspecified atom stereocenters. The van der Waals surface area contributed by atoms with Crippen LogP contribution in [-0.4, -0.2) is 20.2 Å². The first kappa shape index (κ1) is 15.4. The van der Waals surface area contributed by atoms with Crippen molar-refractivity contribution in [3.63, 3.8) is 0 Å². The Labute approximate surface area is 122 Å². The zero-order chi connectivity index (χ0) is 14.4. The molecule has 0 saturated heterocycles. The van der Waals surface area contributed by atoms with Gasteiger partial charge >= 0.3 is 0 Å². The van der Waals surface area contributed by atoms with Crippen LogP contribution >= 0.6 is 0 Å². The molecular weight excluding hydrogens is 270 g/mol. The van der Waals surface area contributed by atoms with Crippen LogP contribution < -0.4 is 5.32 Å². The number of sulfone groups is 1. The maximum Gasteiger partial charge on any atom is 0.178 e. The maximum atomic E-state index is 12.0. The van der Waals surface area contributed by atoms with E-state index in [1.807, 2.05) is 19.1 Å². The molecule has 1 N–H and O–H groups in total. The Morgan fingerprint density at radius 1 is 1.05 bits per heavy atom. The summed E-state index contributed by atoms with van der Waals surface area (Å²) < 4.78 is 23.9. The van der Waals surface area contributed by atoms with Crippen molar-refractivity contribution in [1.82, 2.24) is 0 Å². The first-order chi connectivity index (χ1) is 9.62. The number of anilines is 1. The molecule has 0 bridgehead atoms. The van der Waals surface area contributed by atoms with E-state index in [0.717, 1.165) is 5.69 Å². The van der Waals surface area contributed by atoms with Crippen molar-refractivity contribution < 1.29 is 8.42 Å². The van der Waals surface area contributed by atoms with E-state index in [9.17, 15) is 8.42 Å². The molecule has 1 saturated carbocycles. The summed E-state index contributed by atoms with van der Waals surface area (Å²) in [6.45, 7) is 1.89. The van der Waals surface area contributed by atoms with E-state index in [0.29, 0.717) is 17.4 Å². The van der Waals surface area contributed by atoms with E-state index in [1.165, 1.54) is 38.5 Å². The van der Waals surface area contributed by atoms with Gasteiger partial charge in [0, 0.05) is 11.7 Å². The molecule has 4 heteroatoms. The second-order valence-electron chi connectivity index (χ2n) is 5.68. The minimum Gasteiger partial charge on any atom is -0.382 e. The molecule has 0 aromatic heterocycles. The average molecular weight is 295 g/mol. The Morgan fingerprint density at radius 3 is 2.20 bits per heavy atom. The van der Waals surface area contributed by atoms with Gasteiger partial charge in [0.05, 0.1) is 10.6 Å². The van der Waals surface area contributed by atoms with Gasteiger partial charge < -0.3 is 5.32 Å². The van der Waals surface area contributed by atoms with Crippen LogP contribution in [0.2, 0.25) is 0 Å². The highest BCUT2D eigenvalue weighted by Crippen LogP contribution is 2.22. The van der Waals surface area contributed by atoms with Crippen LogP contribution in [0.5, 0.6) is 0 Å². The molecule has 0 atom stereocenters. The Kier molecular flexibility index (Phi) is 5.46. The lowest BCUT2D eigenvalue weighted by Crippen LogP contribution is -2.18. The van der Waals surface area contributed by atoms with Crippen LogP contribution in [0.4, 0.5) is 5.69 Å². The van der Waals surface area contributed by atoms with Crippen LogP contribution in [0.1, 0.15) is 51.9 Å². The van der Waals surface area contributed by atoms with Gasteiger partial charge in [-0.15, -0.1) is 0 Å². The van der Waals surface area contributed by atoms with Gasteiger partial charge in [-0.2, -0.15) is 0 Å². The monoisotopic (exact) mass is 295 g/mol. The van der Waals surface area contributed by atoms with Crippen LogP contribution in [0.15, 0.2) is 29.2 Å². The predicted octanol–water partition coefficient (Wildman–Crippen LogP) is 4.01. The lowest BCUT2D eigenvalue weighted by atomic mass is 10.1. The van der Waals surface area contributed by atoms with Crippen LogP contribution in [0.25, 0.3) is 0 Å². The minimum absolute atomic E-state index is 0.225. The zero-order valence-corrected chi connectivity index (χ0v) is 13.1. The standard InChI is InChI=1S/C16H25NO2S/c1-2-13-20(18,19)16-11-9-15(10-12-16)17-14-7-5-3-4-6-8-14/h9-12,14,17H,2-8,13H2,1H3. The maximum absolute atomic E-state index is 12.0. The SMILES string of the molecule is CCCS(=O)(=O)c1ccc(NC2CCCCCC2)cc1. The van der Waals surface area contributed by atoms with Crippen LogP contribution in [0, 0.1) is 0 Å². The van der Waals surface area contributed by atoms with Gasteiger partial charge in [-0.1, -0.05) is 32.6 Å². The minimum atomic E-state index is -3.09. The van der Waals surface area contributed by atoms with Crippen molar-refractivity contribution in [2.45, 2.75) is 62.8 Å². The summed E-state index contributed by atoms with van der Waals surface area (Å²) in [6, 6.07) is 7.78. The topological polar surface area (TPSA) is 46.2 Å². The number of benzene rings is 1. The quantitative estimate of drug-likeness (QED) is 0.835. The van der Waals surface area contributed by atoms with Crippen molar-refractivity contribution in [1.29, 1.82) is 0 Å². The van der Waals surface area contributed by atoms with E-state index in [2.05, 4.69) is 5.32 Å². The molecule has 1 aliphatic carbocycles. The normalized spacial score (nSPS) is 17.6. The van der Waals surface area contributed by atoms with Crippen molar-refractivity contribution >= 4 is 15.5 Å². The molecule has 1 aromatic rings. The number of hydrogen-bond donors (Lipinski definition) is 1. The van der Waals surface area contributed by atoms with Gasteiger partial charge in [0.15, 0.2) is 9.84 Å². The van der Waals surface area contributed by atoms with Gasteiger partial charge in [0.25, 0.3) is 0 Å². The predicted molar refractivity (Wildman–Crippen MR) is 83.9 cm³/mol. The summed E-state index contributed by atoms with van der Waals surface area (Å²) in [5.41, 5.74) is 1.03. The van der Waals surface area contributed by atoms with Gasteiger partial charge in [0.2, 0.25) is 0 Å². The highest BCUT2D eigenvalue weighted by Gasteiger charge is 2.14. The summed E-state index contributed by atoms with van der Waals surface area (Å²) in [7, 11) is -3.09. The number of rotatable bonds is 5. The molecule has 0 aliphatic heterocycles. The molecule has 1 aromatic carbocycles. The smallest absolute Gasteiger partial charge is 0.178 e. The highest BCUT2D eigenvalue weighted by atomic mass is 32.2. The molecule has 0 heterocycles. The lowest BCUT2D eigenvalue weighted by Gasteiger charge is -2.17.